The molecule has 8 nitrogen and oxygen atoms in total. The van der Waals surface area contributed by atoms with Gasteiger partial charge in [-0.2, -0.15) is 0 Å². The van der Waals surface area contributed by atoms with Gasteiger partial charge in [0.25, 0.3) is 10.0 Å². The number of methoxy groups -OCH3 is 1. The van der Waals surface area contributed by atoms with Crippen LogP contribution in [-0.2, 0) is 26.2 Å². The molecule has 0 radical (unpaired) electrons. The van der Waals surface area contributed by atoms with Crippen LogP contribution in [-0.4, -0.2) is 50.9 Å². The van der Waals surface area contributed by atoms with E-state index in [4.69, 9.17) is 39.5 Å². The zero-order valence-corrected chi connectivity index (χ0v) is 27.0. The summed E-state index contributed by atoms with van der Waals surface area (Å²) >= 11 is 19.3. The van der Waals surface area contributed by atoms with Crippen LogP contribution in [0.2, 0.25) is 15.1 Å². The molecular weight excluding hydrogens is 633 g/mol. The third-order valence-corrected chi connectivity index (χ3v) is 10.2. The molecule has 3 aromatic rings. The lowest BCUT2D eigenvalue weighted by molar-refractivity contribution is -0.140. The first kappa shape index (κ1) is 32.9. The van der Waals surface area contributed by atoms with E-state index >= 15 is 0 Å². The van der Waals surface area contributed by atoms with Gasteiger partial charge in [0.05, 0.1) is 17.7 Å². The van der Waals surface area contributed by atoms with Crippen molar-refractivity contribution in [1.29, 1.82) is 0 Å². The van der Waals surface area contributed by atoms with E-state index in [0.717, 1.165) is 30.0 Å². The molecule has 1 aliphatic rings. The molecule has 1 N–H and O–H groups in total. The maximum Gasteiger partial charge on any atom is 0.264 e. The number of sulfonamides is 1. The lowest BCUT2D eigenvalue weighted by Crippen LogP contribution is -2.53. The monoisotopic (exact) mass is 665 g/mol. The van der Waals surface area contributed by atoms with Crippen molar-refractivity contribution in [3.05, 3.63) is 87.4 Å². The van der Waals surface area contributed by atoms with Crippen LogP contribution in [0.25, 0.3) is 0 Å². The molecular formula is C31H34Cl3N3O5S. The molecule has 1 fully saturated rings. The van der Waals surface area contributed by atoms with Gasteiger partial charge in [0, 0.05) is 33.2 Å². The Morgan fingerprint density at radius 3 is 2.23 bits per heavy atom. The average molecular weight is 667 g/mol. The van der Waals surface area contributed by atoms with E-state index < -0.39 is 28.5 Å². The van der Waals surface area contributed by atoms with E-state index in [1.165, 1.54) is 36.3 Å². The quantitative estimate of drug-likeness (QED) is 0.232. The number of rotatable bonds is 12. The molecule has 1 atom stereocenters. The number of carbonyl (C=O) groups is 2. The van der Waals surface area contributed by atoms with E-state index in [2.05, 4.69) is 5.32 Å². The van der Waals surface area contributed by atoms with Gasteiger partial charge < -0.3 is 15.0 Å². The molecule has 0 bridgehead atoms. The smallest absolute Gasteiger partial charge is 0.264 e. The predicted octanol–water partition coefficient (Wildman–Crippen LogP) is 6.72. The molecule has 43 heavy (non-hydrogen) atoms. The largest absolute Gasteiger partial charge is 0.495 e. The van der Waals surface area contributed by atoms with Crippen molar-refractivity contribution in [3.63, 3.8) is 0 Å². The minimum atomic E-state index is -4.30. The fraction of sp³-hybridized carbons (Fsp3) is 0.355. The number of amides is 2. The third kappa shape index (κ3) is 7.76. The first-order chi connectivity index (χ1) is 20.6. The molecule has 0 spiro atoms. The molecule has 0 aromatic heterocycles. The molecule has 1 aliphatic carbocycles. The van der Waals surface area contributed by atoms with Gasteiger partial charge in [-0.1, -0.05) is 78.8 Å². The first-order valence-electron chi connectivity index (χ1n) is 14.0. The second kappa shape index (κ2) is 14.7. The van der Waals surface area contributed by atoms with Crippen LogP contribution >= 0.6 is 34.8 Å². The molecule has 4 rings (SSSR count). The van der Waals surface area contributed by atoms with Gasteiger partial charge in [-0.25, -0.2) is 8.42 Å². The predicted molar refractivity (Wildman–Crippen MR) is 170 cm³/mol. The van der Waals surface area contributed by atoms with Crippen molar-refractivity contribution >= 4 is 62.3 Å². The second-order valence-corrected chi connectivity index (χ2v) is 13.4. The topological polar surface area (TPSA) is 96.0 Å². The summed E-state index contributed by atoms with van der Waals surface area (Å²) in [4.78, 5) is 29.3. The van der Waals surface area contributed by atoms with Gasteiger partial charge in [0.1, 0.15) is 18.3 Å². The van der Waals surface area contributed by atoms with Gasteiger partial charge in [-0.15, -0.1) is 0 Å². The Morgan fingerprint density at radius 2 is 1.63 bits per heavy atom. The van der Waals surface area contributed by atoms with Gasteiger partial charge in [0.15, 0.2) is 0 Å². The highest BCUT2D eigenvalue weighted by Crippen LogP contribution is 2.35. The summed E-state index contributed by atoms with van der Waals surface area (Å²) in [6, 6.07) is 16.4. The van der Waals surface area contributed by atoms with Crippen molar-refractivity contribution in [2.24, 2.45) is 0 Å². The van der Waals surface area contributed by atoms with Crippen LogP contribution < -0.4 is 14.4 Å². The number of benzene rings is 3. The Balaban J connectivity index is 1.79. The van der Waals surface area contributed by atoms with Crippen molar-refractivity contribution in [1.82, 2.24) is 10.2 Å². The van der Waals surface area contributed by atoms with Crippen LogP contribution in [0, 0.1) is 0 Å². The van der Waals surface area contributed by atoms with E-state index in [-0.39, 0.29) is 46.3 Å². The number of ether oxygens (including phenoxy) is 1. The van der Waals surface area contributed by atoms with Crippen LogP contribution in [0.15, 0.2) is 71.6 Å². The first-order valence-corrected chi connectivity index (χ1v) is 16.6. The molecule has 0 heterocycles. The third-order valence-electron chi connectivity index (χ3n) is 7.50. The molecule has 12 heteroatoms. The van der Waals surface area contributed by atoms with Gasteiger partial charge in [-0.3, -0.25) is 13.9 Å². The average Bonchev–Trinajstić information content (AvgIpc) is 3.50. The number of nitrogens with one attached hydrogen (secondary N) is 1. The summed E-state index contributed by atoms with van der Waals surface area (Å²) in [7, 11) is -2.90. The highest BCUT2D eigenvalue weighted by atomic mass is 35.5. The van der Waals surface area contributed by atoms with Crippen molar-refractivity contribution in [2.75, 3.05) is 18.0 Å². The Hall–Kier alpha value is -2.98. The standard InChI is InChI=1S/C31H34Cl3N3O5S/c1-3-27(31(39)35-22-10-7-8-11-22)36(19-24-25(33)14-9-15-26(24)34)30(38)20-37(28-18-21(32)16-17-29(28)42-2)43(40,41)23-12-5-4-6-13-23/h4-6,9,12-18,22,27H,3,7-8,10-11,19-20H2,1-2H3,(H,35,39)/t27-/m1/s1. The van der Waals surface area contributed by atoms with Gasteiger partial charge >= 0.3 is 0 Å². The lowest BCUT2D eigenvalue weighted by Gasteiger charge is -2.34. The Morgan fingerprint density at radius 1 is 0.977 bits per heavy atom. The number of hydrogen-bond donors (Lipinski definition) is 1. The lowest BCUT2D eigenvalue weighted by atomic mass is 10.1. The number of hydrogen-bond acceptors (Lipinski definition) is 5. The van der Waals surface area contributed by atoms with E-state index in [1.807, 2.05) is 0 Å². The molecule has 1 saturated carbocycles. The zero-order valence-electron chi connectivity index (χ0n) is 23.9. The van der Waals surface area contributed by atoms with Crippen molar-refractivity contribution in [2.45, 2.75) is 62.6 Å². The number of nitrogens with zero attached hydrogens (tertiary/aromatic N) is 2. The number of halogens is 3. The van der Waals surface area contributed by atoms with Crippen LogP contribution in [0.3, 0.4) is 0 Å². The summed E-state index contributed by atoms with van der Waals surface area (Å²) in [5.74, 6) is -0.752. The maximum absolute atomic E-state index is 14.3. The van der Waals surface area contributed by atoms with Crippen LogP contribution in [0.5, 0.6) is 5.75 Å². The number of carbonyl (C=O) groups excluding carboxylic acids is 2. The minimum Gasteiger partial charge on any atom is -0.495 e. The van der Waals surface area contributed by atoms with E-state index in [0.29, 0.717) is 15.6 Å². The molecule has 0 aliphatic heterocycles. The molecule has 3 aromatic carbocycles. The van der Waals surface area contributed by atoms with Crippen LogP contribution in [0.1, 0.15) is 44.6 Å². The molecule has 0 unspecified atom stereocenters. The molecule has 230 valence electrons. The summed E-state index contributed by atoms with van der Waals surface area (Å²) in [6.45, 7) is 1.04. The molecule has 2 amide bonds. The highest BCUT2D eigenvalue weighted by Gasteiger charge is 2.36. The second-order valence-electron chi connectivity index (χ2n) is 10.3. The Bertz CT molecular complexity index is 1530. The molecule has 0 saturated heterocycles. The maximum atomic E-state index is 14.3. The number of anilines is 1. The van der Waals surface area contributed by atoms with Crippen molar-refractivity contribution < 1.29 is 22.7 Å². The summed E-state index contributed by atoms with van der Waals surface area (Å²) in [6.07, 6.45) is 4.05. The van der Waals surface area contributed by atoms with Gasteiger partial charge in [-0.05, 0) is 61.7 Å². The normalized spacial score (nSPS) is 14.3. The fourth-order valence-corrected chi connectivity index (χ4v) is 7.35. The SMILES string of the molecule is CC[C@H](C(=O)NC1CCCC1)N(Cc1c(Cl)cccc1Cl)C(=O)CN(c1cc(Cl)ccc1OC)S(=O)(=O)c1ccccc1. The Labute approximate surface area is 267 Å². The van der Waals surface area contributed by atoms with Gasteiger partial charge in [0.2, 0.25) is 11.8 Å². The summed E-state index contributed by atoms with van der Waals surface area (Å²) < 4.78 is 34.6. The van der Waals surface area contributed by atoms with E-state index in [9.17, 15) is 18.0 Å². The summed E-state index contributed by atoms with van der Waals surface area (Å²) in [5.41, 5.74) is 0.524. The Kier molecular flexibility index (Phi) is 11.2. The van der Waals surface area contributed by atoms with E-state index in [1.54, 1.807) is 49.4 Å². The minimum absolute atomic E-state index is 0.0214. The van der Waals surface area contributed by atoms with Crippen LogP contribution in [0.4, 0.5) is 5.69 Å². The zero-order chi connectivity index (χ0) is 31.1. The van der Waals surface area contributed by atoms with Crippen molar-refractivity contribution in [3.8, 4) is 5.75 Å². The fourth-order valence-electron chi connectivity index (χ4n) is 5.23. The summed E-state index contributed by atoms with van der Waals surface area (Å²) in [5, 5.41) is 3.97. The highest BCUT2D eigenvalue weighted by molar-refractivity contribution is 7.92.